The Morgan fingerprint density at radius 2 is 0.893 bits per heavy atom. The van der Waals surface area contributed by atoms with Crippen LogP contribution in [0.1, 0.15) is 142 Å². The van der Waals surface area contributed by atoms with E-state index in [4.69, 9.17) is 19.3 Å². The molecule has 0 fully saturated rings. The predicted octanol–water partition coefficient (Wildman–Crippen LogP) is 13.0. The molecule has 0 bridgehead atoms. The van der Waals surface area contributed by atoms with Gasteiger partial charge in [0.15, 0.2) is 6.10 Å². The quantitative estimate of drug-likeness (QED) is 0.0278. The Morgan fingerprint density at radius 1 is 0.482 bits per heavy atom. The zero-order chi connectivity index (χ0) is 41.1. The molecular weight excluding hydrogens is 723 g/mol. The van der Waals surface area contributed by atoms with Gasteiger partial charge in [0.1, 0.15) is 6.61 Å². The van der Waals surface area contributed by atoms with E-state index < -0.39 is 32.5 Å². The van der Waals surface area contributed by atoms with Crippen molar-refractivity contribution in [2.45, 2.75) is 148 Å². The molecule has 8 nitrogen and oxygen atoms in total. The fraction of sp³-hybridized carbons (Fsp3) is 0.532. The van der Waals surface area contributed by atoms with E-state index in [1.807, 2.05) is 12.2 Å². The number of rotatable bonds is 36. The van der Waals surface area contributed by atoms with E-state index in [1.54, 1.807) is 0 Å². The number of unbranched alkanes of at least 4 members (excludes halogenated alkanes) is 6. The molecule has 0 saturated carbocycles. The summed E-state index contributed by atoms with van der Waals surface area (Å²) in [5, 5.41) is 0. The van der Waals surface area contributed by atoms with E-state index in [0.29, 0.717) is 12.8 Å². The first-order valence-electron chi connectivity index (χ1n) is 20.8. The first kappa shape index (κ1) is 52.5. The molecule has 1 atom stereocenters. The zero-order valence-corrected chi connectivity index (χ0v) is 35.4. The standard InChI is InChI=1S/C47H73O8P/c1-3-5-7-9-11-13-15-17-19-21-23-25-27-29-31-33-35-37-39-41-46(48)53-43-45(44-54-56(50,51)52)55-47(49)42-40-38-36-34-32-30-28-26-24-22-20-18-16-14-12-10-8-6-4-2/h5,7,11-14,17-20,23-26,29-32,35,37,45H,3-4,6,8-10,15-16,21-22,27-28,33-34,36,38-44H2,1-2H3,(H2,50,51,52)/b7-5-,13-11-,14-12-,19-17-,20-18-,25-23-,26-24-,31-29-,32-30-,37-35-/t45-/m1/s1. The van der Waals surface area contributed by atoms with Crippen molar-refractivity contribution in [1.29, 1.82) is 0 Å². The minimum atomic E-state index is -4.79. The topological polar surface area (TPSA) is 119 Å². The highest BCUT2D eigenvalue weighted by molar-refractivity contribution is 7.46. The largest absolute Gasteiger partial charge is 0.469 e. The van der Waals surface area contributed by atoms with Crippen LogP contribution in [0.2, 0.25) is 0 Å². The third kappa shape index (κ3) is 43.2. The lowest BCUT2D eigenvalue weighted by molar-refractivity contribution is -0.161. The molecule has 0 aliphatic carbocycles. The SMILES string of the molecule is CC/C=C\C/C=C\C/C=C\C/C=C\C/C=C\C/C=C\CCC(=O)OC[C@H](COP(=O)(O)O)OC(=O)CCCCC/C=C\C/C=C\C/C=C\C/C=C\CCCCC. The van der Waals surface area contributed by atoms with E-state index >= 15 is 0 Å². The number of allylic oxidation sites excluding steroid dienone is 20. The monoisotopic (exact) mass is 797 g/mol. The molecule has 2 N–H and O–H groups in total. The van der Waals surface area contributed by atoms with Crippen LogP contribution in [-0.4, -0.2) is 41.0 Å². The van der Waals surface area contributed by atoms with Crippen LogP contribution in [0, 0.1) is 0 Å². The maximum absolute atomic E-state index is 12.4. The highest BCUT2D eigenvalue weighted by atomic mass is 31.2. The van der Waals surface area contributed by atoms with E-state index in [0.717, 1.165) is 77.0 Å². The van der Waals surface area contributed by atoms with Crippen molar-refractivity contribution in [2.75, 3.05) is 13.2 Å². The summed E-state index contributed by atoms with van der Waals surface area (Å²) >= 11 is 0. The number of esters is 2. The smallest absolute Gasteiger partial charge is 0.462 e. The van der Waals surface area contributed by atoms with Crippen molar-refractivity contribution >= 4 is 19.8 Å². The van der Waals surface area contributed by atoms with Gasteiger partial charge in [0.05, 0.1) is 6.61 Å². The number of phosphoric ester groups is 1. The highest BCUT2D eigenvalue weighted by Gasteiger charge is 2.22. The third-order valence-corrected chi connectivity index (χ3v) is 8.46. The summed E-state index contributed by atoms with van der Waals surface area (Å²) < 4.78 is 26.3. The number of hydrogen-bond acceptors (Lipinski definition) is 6. The number of hydrogen-bond donors (Lipinski definition) is 2. The molecule has 0 heterocycles. The van der Waals surface area contributed by atoms with Gasteiger partial charge in [-0.25, -0.2) is 4.57 Å². The molecule has 0 aromatic heterocycles. The first-order valence-corrected chi connectivity index (χ1v) is 22.4. The number of ether oxygens (including phenoxy) is 2. The summed E-state index contributed by atoms with van der Waals surface area (Å²) in [7, 11) is -4.79. The molecule has 0 aliphatic rings. The Morgan fingerprint density at radius 3 is 1.32 bits per heavy atom. The van der Waals surface area contributed by atoms with Gasteiger partial charge in [-0.05, 0) is 96.3 Å². The van der Waals surface area contributed by atoms with Crippen molar-refractivity contribution in [3.63, 3.8) is 0 Å². The first-order chi connectivity index (χ1) is 27.3. The maximum atomic E-state index is 12.4. The van der Waals surface area contributed by atoms with E-state index in [9.17, 15) is 14.2 Å². The molecule has 0 aromatic carbocycles. The van der Waals surface area contributed by atoms with Crippen LogP contribution in [0.4, 0.5) is 0 Å². The number of phosphoric acid groups is 1. The lowest BCUT2D eigenvalue weighted by Crippen LogP contribution is -2.29. The van der Waals surface area contributed by atoms with Gasteiger partial charge >= 0.3 is 19.8 Å². The molecule has 0 aliphatic heterocycles. The lowest BCUT2D eigenvalue weighted by Gasteiger charge is -2.18. The molecule has 0 spiro atoms. The van der Waals surface area contributed by atoms with Crippen LogP contribution in [0.5, 0.6) is 0 Å². The number of carbonyl (C=O) groups is 2. The minimum Gasteiger partial charge on any atom is -0.462 e. The van der Waals surface area contributed by atoms with Crippen molar-refractivity contribution in [1.82, 2.24) is 0 Å². The van der Waals surface area contributed by atoms with Gasteiger partial charge in [0.25, 0.3) is 0 Å². The summed E-state index contributed by atoms with van der Waals surface area (Å²) in [6.07, 6.45) is 59.3. The van der Waals surface area contributed by atoms with Gasteiger partial charge < -0.3 is 19.3 Å². The normalized spacial score (nSPS) is 13.7. The van der Waals surface area contributed by atoms with Gasteiger partial charge in [-0.1, -0.05) is 155 Å². The highest BCUT2D eigenvalue weighted by Crippen LogP contribution is 2.36. The third-order valence-electron chi connectivity index (χ3n) is 7.98. The summed E-state index contributed by atoms with van der Waals surface area (Å²) in [4.78, 5) is 42.8. The fourth-order valence-electron chi connectivity index (χ4n) is 4.91. The van der Waals surface area contributed by atoms with E-state index in [1.165, 1.54) is 25.7 Å². The fourth-order valence-corrected chi connectivity index (χ4v) is 5.27. The maximum Gasteiger partial charge on any atom is 0.469 e. The second-order valence-electron chi connectivity index (χ2n) is 13.2. The molecule has 0 amide bonds. The Kier molecular flexibility index (Phi) is 38.5. The van der Waals surface area contributed by atoms with Gasteiger partial charge in [-0.2, -0.15) is 0 Å². The van der Waals surface area contributed by atoms with Gasteiger partial charge in [-0.3, -0.25) is 14.1 Å². The van der Waals surface area contributed by atoms with Crippen LogP contribution in [0.15, 0.2) is 122 Å². The second-order valence-corrected chi connectivity index (χ2v) is 14.5. The minimum absolute atomic E-state index is 0.127. The Balaban J connectivity index is 4.16. The van der Waals surface area contributed by atoms with E-state index in [-0.39, 0.29) is 19.4 Å². The van der Waals surface area contributed by atoms with Crippen LogP contribution in [-0.2, 0) is 28.2 Å². The second kappa shape index (κ2) is 41.1. The van der Waals surface area contributed by atoms with E-state index in [2.05, 4.69) is 128 Å². The summed E-state index contributed by atoms with van der Waals surface area (Å²) in [6.45, 7) is 3.43. The summed E-state index contributed by atoms with van der Waals surface area (Å²) in [5.41, 5.74) is 0. The molecule has 0 saturated heterocycles. The van der Waals surface area contributed by atoms with Crippen LogP contribution in [0.25, 0.3) is 0 Å². The van der Waals surface area contributed by atoms with Gasteiger partial charge in [0, 0.05) is 12.8 Å². The molecular formula is C47H73O8P. The molecule has 314 valence electrons. The zero-order valence-electron chi connectivity index (χ0n) is 34.5. The van der Waals surface area contributed by atoms with Crippen molar-refractivity contribution in [2.24, 2.45) is 0 Å². The molecule has 56 heavy (non-hydrogen) atoms. The average Bonchev–Trinajstić information content (AvgIpc) is 3.17. The van der Waals surface area contributed by atoms with Gasteiger partial charge in [-0.15, -0.1) is 0 Å². The van der Waals surface area contributed by atoms with Crippen molar-refractivity contribution in [3.8, 4) is 0 Å². The van der Waals surface area contributed by atoms with Crippen LogP contribution in [0.3, 0.4) is 0 Å². The summed E-state index contributed by atoms with van der Waals surface area (Å²) in [6, 6.07) is 0. The van der Waals surface area contributed by atoms with Crippen molar-refractivity contribution < 1.29 is 37.9 Å². The van der Waals surface area contributed by atoms with Crippen LogP contribution >= 0.6 is 7.82 Å². The van der Waals surface area contributed by atoms with Crippen molar-refractivity contribution in [3.05, 3.63) is 122 Å². The average molecular weight is 797 g/mol. The molecule has 9 heteroatoms. The Hall–Kier alpha value is -3.55. The Bertz CT molecular complexity index is 1310. The predicted molar refractivity (Wildman–Crippen MR) is 234 cm³/mol. The number of carbonyl (C=O) groups excluding carboxylic acids is 2. The molecule has 0 rings (SSSR count). The van der Waals surface area contributed by atoms with Crippen LogP contribution < -0.4 is 0 Å². The summed E-state index contributed by atoms with van der Waals surface area (Å²) in [5.74, 6) is -1.03. The molecule has 0 aromatic rings. The van der Waals surface area contributed by atoms with Gasteiger partial charge in [0.2, 0.25) is 0 Å². The molecule has 0 unspecified atom stereocenters. The Labute approximate surface area is 339 Å². The lowest BCUT2D eigenvalue weighted by atomic mass is 10.1. The molecule has 0 radical (unpaired) electrons.